The summed E-state index contributed by atoms with van der Waals surface area (Å²) in [5, 5.41) is 33.6. The van der Waals surface area contributed by atoms with Crippen molar-refractivity contribution in [3.63, 3.8) is 0 Å². The number of aromatic hydroxyl groups is 1. The molecule has 13 nitrogen and oxygen atoms in total. The van der Waals surface area contributed by atoms with Gasteiger partial charge in [0, 0.05) is 64.7 Å². The first kappa shape index (κ1) is 40.8. The van der Waals surface area contributed by atoms with Crippen LogP contribution in [0.5, 0.6) is 17.2 Å². The van der Waals surface area contributed by atoms with E-state index >= 15 is 0 Å². The molecular weight excluding hydrogens is 761 g/mol. The zero-order chi connectivity index (χ0) is 42.2. The number of anilines is 4. The van der Waals surface area contributed by atoms with Crippen molar-refractivity contribution in [1.82, 2.24) is 10.3 Å². The highest BCUT2D eigenvalue weighted by Gasteiger charge is 2.24. The number of phenols is 1. The monoisotopic (exact) mass is 804 g/mol. The number of pyridine rings is 1. The van der Waals surface area contributed by atoms with Gasteiger partial charge in [0.15, 0.2) is 6.61 Å². The molecule has 0 bridgehead atoms. The Morgan fingerprint density at radius 2 is 1.82 bits per heavy atom. The van der Waals surface area contributed by atoms with Crippen LogP contribution in [0.1, 0.15) is 67.5 Å². The van der Waals surface area contributed by atoms with Crippen LogP contribution in [0.15, 0.2) is 103 Å². The van der Waals surface area contributed by atoms with Crippen LogP contribution in [0.3, 0.4) is 0 Å². The van der Waals surface area contributed by atoms with Crippen LogP contribution in [-0.4, -0.2) is 59.7 Å². The molecule has 3 amide bonds. The van der Waals surface area contributed by atoms with Crippen LogP contribution >= 0.6 is 0 Å². The number of nitrogens with zero attached hydrogens (tertiary/aromatic N) is 1. The standard InChI is InChI=1S/C47H44N6O7/c1-28-18-31(21-38-43(28)50-25-39(46(48)57)44(38)51-34-11-7-12-36(22-34)59-2)19-30-9-6-10-32(20-30)47(58)52-33-15-13-29(14-16-33)8-4-3-5-17-49-26-41(55)37-23-35(54)24-40-45(37)60-27-42(56)53-40/h6-7,9-16,18,20-25,41,49,54-55H,3,5,17,19,26-27H2,1-2H3,(H2,48,57)(H,50,51)(H,52,58)(H,53,56)/t41-/m0/s1. The lowest BCUT2D eigenvalue weighted by molar-refractivity contribution is -0.118. The Morgan fingerprint density at radius 1 is 1.00 bits per heavy atom. The number of unbranched alkanes of at least 4 members (excludes halogenated alkanes) is 1. The topological polar surface area (TPSA) is 197 Å². The fourth-order valence-electron chi connectivity index (χ4n) is 7.00. The predicted octanol–water partition coefficient (Wildman–Crippen LogP) is 6.73. The molecular formula is C47H44N6O7. The first-order valence-electron chi connectivity index (χ1n) is 19.4. The molecule has 1 atom stereocenters. The second-order valence-corrected chi connectivity index (χ2v) is 14.4. The van der Waals surface area contributed by atoms with E-state index in [2.05, 4.69) is 44.2 Å². The first-order valence-corrected chi connectivity index (χ1v) is 19.4. The van der Waals surface area contributed by atoms with E-state index in [-0.39, 0.29) is 36.3 Å². The van der Waals surface area contributed by atoms with Crippen LogP contribution in [-0.2, 0) is 11.2 Å². The van der Waals surface area contributed by atoms with Crippen molar-refractivity contribution in [3.05, 3.63) is 142 Å². The molecule has 6 aromatic rings. The van der Waals surface area contributed by atoms with Crippen molar-refractivity contribution in [2.24, 2.45) is 5.73 Å². The summed E-state index contributed by atoms with van der Waals surface area (Å²) >= 11 is 0. The minimum absolute atomic E-state index is 0.0778. The second kappa shape index (κ2) is 18.5. The largest absolute Gasteiger partial charge is 0.508 e. The molecule has 0 unspecified atom stereocenters. The van der Waals surface area contributed by atoms with E-state index < -0.39 is 12.0 Å². The molecule has 1 aromatic heterocycles. The van der Waals surface area contributed by atoms with Crippen molar-refractivity contribution in [3.8, 4) is 29.1 Å². The number of carbonyl (C=O) groups excluding carboxylic acids is 3. The first-order chi connectivity index (χ1) is 29.0. The third kappa shape index (κ3) is 9.82. The summed E-state index contributed by atoms with van der Waals surface area (Å²) < 4.78 is 10.9. The van der Waals surface area contributed by atoms with Gasteiger partial charge in [0.2, 0.25) is 0 Å². The number of hydrogen-bond acceptors (Lipinski definition) is 10. The van der Waals surface area contributed by atoms with E-state index in [9.17, 15) is 24.6 Å². The number of nitrogens with two attached hydrogens (primary N) is 1. The third-order valence-corrected chi connectivity index (χ3v) is 9.88. The molecule has 1 aliphatic heterocycles. The number of phenolic OH excluding ortho intramolecular Hbond substituents is 1. The Kier molecular flexibility index (Phi) is 12.5. The number of aromatic nitrogens is 1. The van der Waals surface area contributed by atoms with Crippen molar-refractivity contribution < 1.29 is 34.1 Å². The minimum Gasteiger partial charge on any atom is -0.508 e. The summed E-state index contributed by atoms with van der Waals surface area (Å²) in [6, 6.07) is 29.1. The lowest BCUT2D eigenvalue weighted by atomic mass is 9.97. The third-order valence-electron chi connectivity index (χ3n) is 9.88. The molecule has 0 aliphatic carbocycles. The number of fused-ring (bicyclic) bond motifs is 2. The Bertz CT molecular complexity index is 2650. The smallest absolute Gasteiger partial charge is 0.262 e. The molecule has 0 saturated heterocycles. The summed E-state index contributed by atoms with van der Waals surface area (Å²) in [7, 11) is 1.59. The number of ether oxygens (including phenoxy) is 2. The lowest BCUT2D eigenvalue weighted by Crippen LogP contribution is -2.28. The molecule has 304 valence electrons. The number of rotatable bonds is 14. The average molecular weight is 805 g/mol. The summed E-state index contributed by atoms with van der Waals surface area (Å²) in [6.07, 6.45) is 2.45. The van der Waals surface area contributed by atoms with Gasteiger partial charge >= 0.3 is 0 Å². The molecule has 1 aliphatic rings. The highest BCUT2D eigenvalue weighted by molar-refractivity contribution is 6.08. The molecule has 0 spiro atoms. The van der Waals surface area contributed by atoms with Gasteiger partial charge in [-0.15, -0.1) is 0 Å². The lowest BCUT2D eigenvalue weighted by Gasteiger charge is -2.23. The van der Waals surface area contributed by atoms with Crippen LogP contribution in [0.2, 0.25) is 0 Å². The number of primary amides is 1. The van der Waals surface area contributed by atoms with Gasteiger partial charge in [0.05, 0.1) is 35.7 Å². The second-order valence-electron chi connectivity index (χ2n) is 14.4. The van der Waals surface area contributed by atoms with Crippen LogP contribution < -0.4 is 36.5 Å². The highest BCUT2D eigenvalue weighted by Crippen LogP contribution is 2.39. The molecule has 7 rings (SSSR count). The maximum absolute atomic E-state index is 13.3. The van der Waals surface area contributed by atoms with Gasteiger partial charge in [-0.3, -0.25) is 19.4 Å². The normalized spacial score (nSPS) is 12.3. The van der Waals surface area contributed by atoms with Crippen molar-refractivity contribution in [2.45, 2.75) is 32.3 Å². The Hall–Kier alpha value is -7.40. The van der Waals surface area contributed by atoms with E-state index in [0.29, 0.717) is 59.1 Å². The molecule has 60 heavy (non-hydrogen) atoms. The SMILES string of the molecule is COc1cccc(Nc2c(C(N)=O)cnc3c(C)cc(Cc4cccc(C(=O)Nc5ccc(C#CCCCNC[C@H](O)c6cc(O)cc7c6OCC(=O)N7)cc5)c4)cc23)c1. The van der Waals surface area contributed by atoms with Gasteiger partial charge in [0.25, 0.3) is 17.7 Å². The zero-order valence-corrected chi connectivity index (χ0v) is 33.1. The summed E-state index contributed by atoms with van der Waals surface area (Å²) in [5.74, 6) is 6.08. The number of nitrogens with one attached hydrogen (secondary N) is 4. The molecule has 8 N–H and O–H groups in total. The number of hydrogen-bond donors (Lipinski definition) is 7. The van der Waals surface area contributed by atoms with Gasteiger partial charge in [-0.25, -0.2) is 0 Å². The van der Waals surface area contributed by atoms with Gasteiger partial charge in [-0.2, -0.15) is 0 Å². The molecule has 0 saturated carbocycles. The Balaban J connectivity index is 0.932. The van der Waals surface area contributed by atoms with Gasteiger partial charge in [-0.1, -0.05) is 36.1 Å². The number of amides is 3. The van der Waals surface area contributed by atoms with Gasteiger partial charge in [0.1, 0.15) is 17.2 Å². The number of aliphatic hydroxyl groups is 1. The number of benzene rings is 5. The van der Waals surface area contributed by atoms with E-state index in [1.165, 1.54) is 18.3 Å². The van der Waals surface area contributed by atoms with Crippen molar-refractivity contribution in [2.75, 3.05) is 42.8 Å². The van der Waals surface area contributed by atoms with Crippen molar-refractivity contribution >= 4 is 51.4 Å². The van der Waals surface area contributed by atoms with Crippen molar-refractivity contribution in [1.29, 1.82) is 0 Å². The van der Waals surface area contributed by atoms with Crippen LogP contribution in [0, 0.1) is 18.8 Å². The predicted molar refractivity (Wildman–Crippen MR) is 231 cm³/mol. The van der Waals surface area contributed by atoms with Gasteiger partial charge < -0.3 is 46.7 Å². The molecule has 0 fully saturated rings. The fourth-order valence-corrected chi connectivity index (χ4v) is 7.00. The Morgan fingerprint density at radius 3 is 2.62 bits per heavy atom. The van der Waals surface area contributed by atoms with Crippen LogP contribution in [0.25, 0.3) is 10.9 Å². The maximum atomic E-state index is 13.3. The average Bonchev–Trinajstić information content (AvgIpc) is 3.23. The van der Waals surface area contributed by atoms with E-state index in [1.54, 1.807) is 13.2 Å². The maximum Gasteiger partial charge on any atom is 0.262 e. The summed E-state index contributed by atoms with van der Waals surface area (Å²) in [6.45, 7) is 2.66. The molecule has 2 heterocycles. The fraction of sp³-hybridized carbons (Fsp3) is 0.191. The van der Waals surface area contributed by atoms with E-state index in [0.717, 1.165) is 45.3 Å². The number of methoxy groups -OCH3 is 1. The number of carbonyl (C=O) groups is 3. The minimum atomic E-state index is -0.947. The zero-order valence-electron chi connectivity index (χ0n) is 33.1. The number of aliphatic hydroxyl groups excluding tert-OH is 1. The van der Waals surface area contributed by atoms with Crippen LogP contribution in [0.4, 0.5) is 22.7 Å². The molecule has 0 radical (unpaired) electrons. The van der Waals surface area contributed by atoms with E-state index in [4.69, 9.17) is 15.2 Å². The molecule has 5 aromatic carbocycles. The van der Waals surface area contributed by atoms with E-state index in [1.807, 2.05) is 79.7 Å². The summed E-state index contributed by atoms with van der Waals surface area (Å²) in [5.41, 5.74) is 13.6. The van der Waals surface area contributed by atoms with Gasteiger partial charge in [-0.05, 0) is 104 Å². The highest BCUT2D eigenvalue weighted by atomic mass is 16.5. The Labute approximate surface area is 347 Å². The number of aryl methyl sites for hydroxylation is 1. The quantitative estimate of drug-likeness (QED) is 0.0458. The summed E-state index contributed by atoms with van der Waals surface area (Å²) in [4.78, 5) is 42.1. The molecule has 13 heteroatoms.